The van der Waals surface area contributed by atoms with Gasteiger partial charge in [-0.15, -0.1) is 0 Å². The van der Waals surface area contributed by atoms with E-state index in [-0.39, 0.29) is 0 Å². The van der Waals surface area contributed by atoms with Crippen LogP contribution in [0.2, 0.25) is 5.02 Å². The van der Waals surface area contributed by atoms with Crippen LogP contribution in [0.25, 0.3) is 0 Å². The predicted octanol–water partition coefficient (Wildman–Crippen LogP) is 5.65. The molecule has 112 valence electrons. The fraction of sp³-hybridized carbons (Fsp3) is 0.647. The molecule has 0 unspecified atom stereocenters. The van der Waals surface area contributed by atoms with Crippen LogP contribution >= 0.6 is 11.6 Å². The van der Waals surface area contributed by atoms with E-state index in [9.17, 15) is 0 Å². The Hall–Kier alpha value is -0.890. The maximum atomic E-state index is 6.28. The SMILES string of the molecule is CCCOc1ccc(NC2CCCCCCC2)cc1Cl. The fourth-order valence-electron chi connectivity index (χ4n) is 2.76. The molecule has 1 aliphatic carbocycles. The van der Waals surface area contributed by atoms with Crippen LogP contribution in [0.5, 0.6) is 5.75 Å². The van der Waals surface area contributed by atoms with E-state index in [4.69, 9.17) is 16.3 Å². The van der Waals surface area contributed by atoms with Crippen molar-refractivity contribution in [2.24, 2.45) is 0 Å². The van der Waals surface area contributed by atoms with Crippen LogP contribution in [0.15, 0.2) is 18.2 Å². The van der Waals surface area contributed by atoms with Crippen LogP contribution < -0.4 is 10.1 Å². The second-order valence-corrected chi connectivity index (χ2v) is 6.09. The average molecular weight is 296 g/mol. The van der Waals surface area contributed by atoms with Gasteiger partial charge in [-0.1, -0.05) is 50.6 Å². The highest BCUT2D eigenvalue weighted by Gasteiger charge is 2.12. The number of hydrogen-bond donors (Lipinski definition) is 1. The first kappa shape index (κ1) is 15.5. The monoisotopic (exact) mass is 295 g/mol. The minimum atomic E-state index is 0.591. The number of benzene rings is 1. The van der Waals surface area contributed by atoms with Crippen LogP contribution in [0.1, 0.15) is 58.3 Å². The molecule has 0 atom stereocenters. The van der Waals surface area contributed by atoms with Gasteiger partial charge in [0.05, 0.1) is 11.6 Å². The summed E-state index contributed by atoms with van der Waals surface area (Å²) in [6, 6.07) is 6.64. The second-order valence-electron chi connectivity index (χ2n) is 5.68. The standard InChI is InChI=1S/C17H26ClNO/c1-2-12-20-17-11-10-15(13-16(17)18)19-14-8-6-4-3-5-7-9-14/h10-11,13-14,19H,2-9,12H2,1H3. The summed E-state index contributed by atoms with van der Waals surface area (Å²) < 4.78 is 5.61. The summed E-state index contributed by atoms with van der Waals surface area (Å²) >= 11 is 6.28. The Labute approximate surface area is 127 Å². The molecule has 2 nitrogen and oxygen atoms in total. The molecular formula is C17H26ClNO. The van der Waals surface area contributed by atoms with Crippen molar-refractivity contribution in [1.82, 2.24) is 0 Å². The third-order valence-electron chi connectivity index (χ3n) is 3.87. The Morgan fingerprint density at radius 1 is 1.15 bits per heavy atom. The first-order chi connectivity index (χ1) is 9.79. The summed E-state index contributed by atoms with van der Waals surface area (Å²) in [5.41, 5.74) is 1.12. The normalized spacial score (nSPS) is 17.3. The summed E-state index contributed by atoms with van der Waals surface area (Å²) in [5, 5.41) is 4.34. The number of hydrogen-bond acceptors (Lipinski definition) is 2. The van der Waals surface area contributed by atoms with E-state index < -0.39 is 0 Å². The van der Waals surface area contributed by atoms with Gasteiger partial charge in [0.1, 0.15) is 5.75 Å². The molecule has 0 bridgehead atoms. The van der Waals surface area contributed by atoms with Crippen LogP contribution in [-0.2, 0) is 0 Å². The number of halogens is 1. The van der Waals surface area contributed by atoms with Crippen LogP contribution in [-0.4, -0.2) is 12.6 Å². The lowest BCUT2D eigenvalue weighted by Crippen LogP contribution is -2.20. The van der Waals surface area contributed by atoms with Crippen molar-refractivity contribution in [3.8, 4) is 5.75 Å². The number of rotatable bonds is 5. The molecule has 1 saturated carbocycles. The molecule has 20 heavy (non-hydrogen) atoms. The molecule has 3 heteroatoms. The Balaban J connectivity index is 1.92. The lowest BCUT2D eigenvalue weighted by Gasteiger charge is -2.22. The Kier molecular flexibility index (Phi) is 6.52. The number of ether oxygens (including phenoxy) is 1. The van der Waals surface area contributed by atoms with Gasteiger partial charge in [0, 0.05) is 11.7 Å². The van der Waals surface area contributed by atoms with Crippen molar-refractivity contribution in [1.29, 1.82) is 0 Å². The topological polar surface area (TPSA) is 21.3 Å². The molecular weight excluding hydrogens is 270 g/mol. The maximum Gasteiger partial charge on any atom is 0.138 e. The third-order valence-corrected chi connectivity index (χ3v) is 4.16. The highest BCUT2D eigenvalue weighted by atomic mass is 35.5. The molecule has 0 radical (unpaired) electrons. The third kappa shape index (κ3) is 4.90. The van der Waals surface area contributed by atoms with Crippen molar-refractivity contribution in [3.63, 3.8) is 0 Å². The van der Waals surface area contributed by atoms with E-state index in [2.05, 4.69) is 18.3 Å². The number of anilines is 1. The molecule has 0 aliphatic heterocycles. The molecule has 1 aromatic carbocycles. The Morgan fingerprint density at radius 3 is 2.50 bits per heavy atom. The van der Waals surface area contributed by atoms with E-state index in [0.29, 0.717) is 11.1 Å². The molecule has 1 aromatic rings. The molecule has 1 fully saturated rings. The highest BCUT2D eigenvalue weighted by Crippen LogP contribution is 2.29. The van der Waals surface area contributed by atoms with Gasteiger partial charge in [-0.2, -0.15) is 0 Å². The molecule has 1 N–H and O–H groups in total. The van der Waals surface area contributed by atoms with Gasteiger partial charge < -0.3 is 10.1 Å². The molecule has 0 aromatic heterocycles. The smallest absolute Gasteiger partial charge is 0.138 e. The first-order valence-electron chi connectivity index (χ1n) is 7.98. The minimum absolute atomic E-state index is 0.591. The molecule has 0 spiro atoms. The van der Waals surface area contributed by atoms with Gasteiger partial charge in [0.25, 0.3) is 0 Å². The summed E-state index contributed by atoms with van der Waals surface area (Å²) in [6.07, 6.45) is 10.4. The maximum absolute atomic E-state index is 6.28. The highest BCUT2D eigenvalue weighted by molar-refractivity contribution is 6.32. The van der Waals surface area contributed by atoms with E-state index in [0.717, 1.165) is 24.5 Å². The Bertz CT molecular complexity index is 400. The van der Waals surface area contributed by atoms with Crippen LogP contribution in [0.3, 0.4) is 0 Å². The summed E-state index contributed by atoms with van der Waals surface area (Å²) in [4.78, 5) is 0. The minimum Gasteiger partial charge on any atom is -0.492 e. The molecule has 2 rings (SSSR count). The van der Waals surface area contributed by atoms with Crippen LogP contribution in [0.4, 0.5) is 5.69 Å². The molecule has 0 saturated heterocycles. The average Bonchev–Trinajstić information content (AvgIpc) is 2.41. The zero-order chi connectivity index (χ0) is 14.2. The summed E-state index contributed by atoms with van der Waals surface area (Å²) in [5.74, 6) is 0.789. The van der Waals surface area contributed by atoms with Gasteiger partial charge in [-0.05, 0) is 37.5 Å². The largest absolute Gasteiger partial charge is 0.492 e. The zero-order valence-electron chi connectivity index (χ0n) is 12.5. The van der Waals surface area contributed by atoms with Gasteiger partial charge in [0.15, 0.2) is 0 Å². The molecule has 0 amide bonds. The number of nitrogens with one attached hydrogen (secondary N) is 1. The zero-order valence-corrected chi connectivity index (χ0v) is 13.2. The fourth-order valence-corrected chi connectivity index (χ4v) is 2.99. The van der Waals surface area contributed by atoms with Gasteiger partial charge >= 0.3 is 0 Å². The molecule has 1 aliphatic rings. The second kappa shape index (κ2) is 8.41. The van der Waals surface area contributed by atoms with Crippen LogP contribution in [0, 0.1) is 0 Å². The first-order valence-corrected chi connectivity index (χ1v) is 8.36. The summed E-state index contributed by atoms with van der Waals surface area (Å²) in [6.45, 7) is 2.81. The van der Waals surface area contributed by atoms with Crippen molar-refractivity contribution < 1.29 is 4.74 Å². The lowest BCUT2D eigenvalue weighted by molar-refractivity contribution is 0.317. The van der Waals surface area contributed by atoms with Gasteiger partial charge in [-0.3, -0.25) is 0 Å². The van der Waals surface area contributed by atoms with Crippen molar-refractivity contribution in [3.05, 3.63) is 23.2 Å². The Morgan fingerprint density at radius 2 is 1.85 bits per heavy atom. The van der Waals surface area contributed by atoms with E-state index >= 15 is 0 Å². The van der Waals surface area contributed by atoms with Gasteiger partial charge in [0.2, 0.25) is 0 Å². The van der Waals surface area contributed by atoms with Gasteiger partial charge in [-0.25, -0.2) is 0 Å². The predicted molar refractivity (Wildman–Crippen MR) is 87.0 cm³/mol. The van der Waals surface area contributed by atoms with Crippen molar-refractivity contribution in [2.75, 3.05) is 11.9 Å². The van der Waals surface area contributed by atoms with E-state index in [1.54, 1.807) is 0 Å². The van der Waals surface area contributed by atoms with E-state index in [1.807, 2.05) is 12.1 Å². The quantitative estimate of drug-likeness (QED) is 0.757. The van der Waals surface area contributed by atoms with E-state index in [1.165, 1.54) is 44.9 Å². The van der Waals surface area contributed by atoms with Crippen molar-refractivity contribution in [2.45, 2.75) is 64.3 Å². The van der Waals surface area contributed by atoms with Crippen molar-refractivity contribution >= 4 is 17.3 Å². The molecule has 0 heterocycles. The summed E-state index contributed by atoms with van der Waals surface area (Å²) in [7, 11) is 0. The lowest BCUT2D eigenvalue weighted by atomic mass is 9.96.